The molecule has 2 rings (SSSR count). The average molecular weight is 365 g/mol. The predicted octanol–water partition coefficient (Wildman–Crippen LogP) is 1.73. The number of benzene rings is 1. The number of aromatic nitrogens is 1. The molecule has 0 aliphatic carbocycles. The van der Waals surface area contributed by atoms with Crippen molar-refractivity contribution in [3.05, 3.63) is 60.2 Å². The van der Waals surface area contributed by atoms with E-state index in [1.165, 1.54) is 18.2 Å². The Bertz CT molecular complexity index is 828. The molecule has 1 N–H and O–H groups in total. The van der Waals surface area contributed by atoms with Crippen LogP contribution in [0.25, 0.3) is 0 Å². The number of nitrogens with one attached hydrogen (secondary N) is 1. The molecule has 0 aliphatic heterocycles. The minimum atomic E-state index is -3.73. The quantitative estimate of drug-likeness (QED) is 0.810. The maximum atomic E-state index is 13.4. The highest BCUT2D eigenvalue weighted by Gasteiger charge is 2.22. The fourth-order valence-corrected chi connectivity index (χ4v) is 3.21. The molecular formula is C17H20FN3O3S. The lowest BCUT2D eigenvalue weighted by Crippen LogP contribution is -2.44. The number of pyridine rings is 1. The van der Waals surface area contributed by atoms with Crippen molar-refractivity contribution in [1.82, 2.24) is 10.3 Å². The van der Waals surface area contributed by atoms with Crippen LogP contribution in [0.15, 0.2) is 48.7 Å². The first-order chi connectivity index (χ1) is 11.8. The van der Waals surface area contributed by atoms with Crippen LogP contribution >= 0.6 is 0 Å². The highest BCUT2D eigenvalue weighted by molar-refractivity contribution is 7.92. The minimum absolute atomic E-state index is 0.107. The van der Waals surface area contributed by atoms with Gasteiger partial charge in [-0.25, -0.2) is 12.8 Å². The first-order valence-corrected chi connectivity index (χ1v) is 9.53. The number of amides is 1. The van der Waals surface area contributed by atoms with Crippen molar-refractivity contribution in [1.29, 1.82) is 0 Å². The first-order valence-electron chi connectivity index (χ1n) is 7.68. The smallest absolute Gasteiger partial charge is 0.240 e. The van der Waals surface area contributed by atoms with Crippen LogP contribution < -0.4 is 9.62 Å². The molecule has 1 atom stereocenters. The molecule has 0 saturated heterocycles. The second kappa shape index (κ2) is 8.06. The summed E-state index contributed by atoms with van der Waals surface area (Å²) in [6.07, 6.45) is 3.16. The van der Waals surface area contributed by atoms with E-state index in [1.54, 1.807) is 19.2 Å². The molecule has 0 bridgehead atoms. The fourth-order valence-electron chi connectivity index (χ4n) is 2.37. The topological polar surface area (TPSA) is 79.4 Å². The Morgan fingerprint density at radius 3 is 2.64 bits per heavy atom. The van der Waals surface area contributed by atoms with E-state index in [-0.39, 0.29) is 11.7 Å². The zero-order valence-electron chi connectivity index (χ0n) is 14.0. The van der Waals surface area contributed by atoms with Crippen LogP contribution in [0.2, 0.25) is 0 Å². The summed E-state index contributed by atoms with van der Waals surface area (Å²) in [4.78, 5) is 16.4. The van der Waals surface area contributed by atoms with Crippen molar-refractivity contribution in [3.8, 4) is 0 Å². The van der Waals surface area contributed by atoms with Crippen LogP contribution in [0, 0.1) is 5.82 Å². The van der Waals surface area contributed by atoms with Gasteiger partial charge in [0.25, 0.3) is 0 Å². The molecule has 1 heterocycles. The van der Waals surface area contributed by atoms with Gasteiger partial charge in [-0.05, 0) is 37.3 Å². The summed E-state index contributed by atoms with van der Waals surface area (Å²) < 4.78 is 38.2. The molecule has 1 aromatic heterocycles. The summed E-state index contributed by atoms with van der Waals surface area (Å²) in [5.41, 5.74) is 0.926. The molecule has 0 aliphatic rings. The Morgan fingerprint density at radius 2 is 2.04 bits per heavy atom. The molecule has 6 nitrogen and oxygen atoms in total. The zero-order chi connectivity index (χ0) is 18.4. The standard InChI is InChI=1S/C17H20FN3O3S/c1-13(10-15-7-3-4-9-19-15)20-17(22)12-21(25(2,23)24)16-8-5-6-14(18)11-16/h3-9,11,13H,10,12H2,1-2H3,(H,20,22)/t13-/m1/s1. The molecule has 0 unspecified atom stereocenters. The number of anilines is 1. The molecule has 1 aromatic carbocycles. The van der Waals surface area contributed by atoms with Gasteiger partial charge in [0.1, 0.15) is 12.4 Å². The molecule has 1 amide bonds. The van der Waals surface area contributed by atoms with E-state index in [9.17, 15) is 17.6 Å². The van der Waals surface area contributed by atoms with Crippen LogP contribution in [-0.2, 0) is 21.2 Å². The zero-order valence-corrected chi connectivity index (χ0v) is 14.8. The van der Waals surface area contributed by atoms with Gasteiger partial charge in [0, 0.05) is 24.4 Å². The molecule has 0 saturated carbocycles. The van der Waals surface area contributed by atoms with Crippen molar-refractivity contribution < 1.29 is 17.6 Å². The lowest BCUT2D eigenvalue weighted by molar-refractivity contribution is -0.120. The Balaban J connectivity index is 2.05. The first kappa shape index (κ1) is 18.9. The van der Waals surface area contributed by atoms with Gasteiger partial charge in [0.05, 0.1) is 11.9 Å². The van der Waals surface area contributed by atoms with Crippen molar-refractivity contribution in [2.45, 2.75) is 19.4 Å². The molecule has 0 fully saturated rings. The highest BCUT2D eigenvalue weighted by atomic mass is 32.2. The number of hydrogen-bond donors (Lipinski definition) is 1. The van der Waals surface area contributed by atoms with E-state index >= 15 is 0 Å². The van der Waals surface area contributed by atoms with E-state index in [1.807, 2.05) is 12.1 Å². The number of carbonyl (C=O) groups excluding carboxylic acids is 1. The third kappa shape index (κ3) is 5.82. The third-order valence-corrected chi connectivity index (χ3v) is 4.57. The normalized spacial score (nSPS) is 12.4. The second-order valence-corrected chi connectivity index (χ2v) is 7.65. The van der Waals surface area contributed by atoms with Gasteiger partial charge in [0.15, 0.2) is 0 Å². The highest BCUT2D eigenvalue weighted by Crippen LogP contribution is 2.18. The van der Waals surface area contributed by atoms with Crippen LogP contribution in [0.5, 0.6) is 0 Å². The Hall–Kier alpha value is -2.48. The largest absolute Gasteiger partial charge is 0.352 e. The maximum Gasteiger partial charge on any atom is 0.240 e. The van der Waals surface area contributed by atoms with Crippen LogP contribution in [-0.4, -0.2) is 38.2 Å². The van der Waals surface area contributed by atoms with E-state index in [0.717, 1.165) is 22.3 Å². The van der Waals surface area contributed by atoms with Gasteiger partial charge < -0.3 is 5.32 Å². The average Bonchev–Trinajstić information content (AvgIpc) is 2.52. The number of halogens is 1. The summed E-state index contributed by atoms with van der Waals surface area (Å²) in [6, 6.07) is 10.4. The van der Waals surface area contributed by atoms with Gasteiger partial charge in [0.2, 0.25) is 15.9 Å². The number of carbonyl (C=O) groups is 1. The maximum absolute atomic E-state index is 13.4. The summed E-state index contributed by atoms with van der Waals surface area (Å²) in [5.74, 6) is -1.05. The lowest BCUT2D eigenvalue weighted by atomic mass is 10.1. The van der Waals surface area contributed by atoms with Gasteiger partial charge in [-0.15, -0.1) is 0 Å². The van der Waals surface area contributed by atoms with Crippen molar-refractivity contribution >= 4 is 21.6 Å². The van der Waals surface area contributed by atoms with Crippen molar-refractivity contribution in [2.24, 2.45) is 0 Å². The SMILES string of the molecule is C[C@H](Cc1ccccn1)NC(=O)CN(c1cccc(F)c1)S(C)(=O)=O. The third-order valence-electron chi connectivity index (χ3n) is 3.43. The molecular weight excluding hydrogens is 345 g/mol. The van der Waals surface area contributed by atoms with Crippen LogP contribution in [0.3, 0.4) is 0 Å². The summed E-state index contributed by atoms with van der Waals surface area (Å²) in [7, 11) is -3.73. The van der Waals surface area contributed by atoms with Crippen LogP contribution in [0.1, 0.15) is 12.6 Å². The van der Waals surface area contributed by atoms with Crippen molar-refractivity contribution in [3.63, 3.8) is 0 Å². The molecule has 25 heavy (non-hydrogen) atoms. The van der Waals surface area contributed by atoms with E-state index in [0.29, 0.717) is 6.42 Å². The minimum Gasteiger partial charge on any atom is -0.352 e. The second-order valence-electron chi connectivity index (χ2n) is 5.74. The lowest BCUT2D eigenvalue weighted by Gasteiger charge is -2.23. The summed E-state index contributed by atoms with van der Waals surface area (Å²) in [5, 5.41) is 2.74. The molecule has 0 spiro atoms. The number of sulfonamides is 1. The fraction of sp³-hybridized carbons (Fsp3) is 0.294. The Kier molecular flexibility index (Phi) is 6.08. The number of hydrogen-bond acceptors (Lipinski definition) is 4. The van der Waals surface area contributed by atoms with E-state index in [2.05, 4.69) is 10.3 Å². The van der Waals surface area contributed by atoms with Gasteiger partial charge >= 0.3 is 0 Å². The summed E-state index contributed by atoms with van der Waals surface area (Å²) >= 11 is 0. The number of rotatable bonds is 7. The van der Waals surface area contributed by atoms with Gasteiger partial charge in [-0.3, -0.25) is 14.1 Å². The molecule has 134 valence electrons. The van der Waals surface area contributed by atoms with Crippen LogP contribution in [0.4, 0.5) is 10.1 Å². The predicted molar refractivity (Wildman–Crippen MR) is 94.1 cm³/mol. The van der Waals surface area contributed by atoms with Gasteiger partial charge in [-0.1, -0.05) is 12.1 Å². The molecule has 0 radical (unpaired) electrons. The molecule has 8 heteroatoms. The van der Waals surface area contributed by atoms with Crippen molar-refractivity contribution in [2.75, 3.05) is 17.1 Å². The number of nitrogens with zero attached hydrogens (tertiary/aromatic N) is 2. The summed E-state index contributed by atoms with van der Waals surface area (Å²) in [6.45, 7) is 1.38. The van der Waals surface area contributed by atoms with E-state index < -0.39 is 28.3 Å². The molecule has 2 aromatic rings. The Morgan fingerprint density at radius 1 is 1.28 bits per heavy atom. The Labute approximate surface area is 146 Å². The monoisotopic (exact) mass is 365 g/mol. The van der Waals surface area contributed by atoms with E-state index in [4.69, 9.17) is 0 Å². The van der Waals surface area contributed by atoms with Gasteiger partial charge in [-0.2, -0.15) is 0 Å².